The average molecular weight is 362 g/mol. The van der Waals surface area contributed by atoms with Crippen LogP contribution in [0.25, 0.3) is 0 Å². The van der Waals surface area contributed by atoms with Gasteiger partial charge in [-0.3, -0.25) is 19.4 Å². The van der Waals surface area contributed by atoms with E-state index in [-0.39, 0.29) is 17.3 Å². The Morgan fingerprint density at radius 2 is 1.88 bits per heavy atom. The van der Waals surface area contributed by atoms with Crippen molar-refractivity contribution < 1.29 is 18.8 Å². The average Bonchev–Trinajstić information content (AvgIpc) is 2.87. The van der Waals surface area contributed by atoms with Crippen molar-refractivity contribution in [2.24, 2.45) is 0 Å². The largest absolute Gasteiger partial charge is 0.332 e. The highest BCUT2D eigenvalue weighted by Gasteiger charge is 2.37. The molecule has 128 valence electrons. The van der Waals surface area contributed by atoms with Crippen molar-refractivity contribution >= 4 is 40.8 Å². The number of halogens is 2. The number of nitrogens with zero attached hydrogens (tertiary/aromatic N) is 2. The predicted octanol–water partition coefficient (Wildman–Crippen LogP) is 2.89. The zero-order valence-corrected chi connectivity index (χ0v) is 13.7. The molecule has 6 nitrogen and oxygen atoms in total. The Morgan fingerprint density at radius 1 is 1.16 bits per heavy atom. The van der Waals surface area contributed by atoms with E-state index in [0.29, 0.717) is 5.69 Å². The molecule has 25 heavy (non-hydrogen) atoms. The maximum Gasteiger partial charge on any atom is 0.332 e. The van der Waals surface area contributed by atoms with Crippen LogP contribution in [0.1, 0.15) is 0 Å². The predicted molar refractivity (Wildman–Crippen MR) is 90.9 cm³/mol. The van der Waals surface area contributed by atoms with E-state index in [0.717, 1.165) is 11.0 Å². The Bertz CT molecular complexity index is 844. The zero-order valence-electron chi connectivity index (χ0n) is 12.9. The minimum absolute atomic E-state index is 0.126. The highest BCUT2D eigenvalue weighted by Crippen LogP contribution is 2.21. The summed E-state index contributed by atoms with van der Waals surface area (Å²) in [4.78, 5) is 38.7. The monoisotopic (exact) mass is 361 g/mol. The smallest absolute Gasteiger partial charge is 0.324 e. The fourth-order valence-corrected chi connectivity index (χ4v) is 2.60. The molecule has 3 rings (SSSR count). The molecule has 0 atom stereocenters. The molecule has 4 amide bonds. The highest BCUT2D eigenvalue weighted by molar-refractivity contribution is 6.31. The van der Waals surface area contributed by atoms with E-state index in [1.165, 1.54) is 17.0 Å². The molecule has 1 heterocycles. The summed E-state index contributed by atoms with van der Waals surface area (Å²) >= 11 is 5.65. The summed E-state index contributed by atoms with van der Waals surface area (Å²) in [6.45, 7) is -0.561. The van der Waals surface area contributed by atoms with Crippen LogP contribution in [0.5, 0.6) is 0 Å². The SMILES string of the molecule is O=C(CN1C(=O)CN(c2ccccc2)C1=O)Nc1ccc(F)c(Cl)c1. The number of carbonyl (C=O) groups excluding carboxylic acids is 3. The Kier molecular flexibility index (Phi) is 4.67. The van der Waals surface area contributed by atoms with Crippen LogP contribution in [0.3, 0.4) is 0 Å². The molecule has 1 aliphatic rings. The Balaban J connectivity index is 1.67. The van der Waals surface area contributed by atoms with Crippen molar-refractivity contribution in [3.63, 3.8) is 0 Å². The van der Waals surface area contributed by atoms with Gasteiger partial charge in [0.2, 0.25) is 5.91 Å². The van der Waals surface area contributed by atoms with E-state index >= 15 is 0 Å². The van der Waals surface area contributed by atoms with Gasteiger partial charge in [0.1, 0.15) is 18.9 Å². The Hall–Kier alpha value is -2.93. The number of anilines is 2. The highest BCUT2D eigenvalue weighted by atomic mass is 35.5. The number of amides is 4. The van der Waals surface area contributed by atoms with E-state index in [9.17, 15) is 18.8 Å². The first-order chi connectivity index (χ1) is 12.0. The molecular formula is C17H13ClFN3O3. The van der Waals surface area contributed by atoms with Crippen LogP contribution in [0, 0.1) is 5.82 Å². The topological polar surface area (TPSA) is 69.7 Å². The van der Waals surface area contributed by atoms with Crippen LogP contribution in [-0.4, -0.2) is 35.8 Å². The standard InChI is InChI=1S/C17H13ClFN3O3/c18-13-8-11(6-7-14(13)19)20-15(23)9-22-16(24)10-21(17(22)25)12-4-2-1-3-5-12/h1-8H,9-10H2,(H,20,23). The molecule has 0 saturated carbocycles. The number of carbonyl (C=O) groups is 3. The maximum atomic E-state index is 13.1. The van der Waals surface area contributed by atoms with E-state index in [1.807, 2.05) is 0 Å². The third-order valence-electron chi connectivity index (χ3n) is 3.63. The summed E-state index contributed by atoms with van der Waals surface area (Å²) in [5.74, 6) is -1.66. The van der Waals surface area contributed by atoms with Crippen LogP contribution in [0.15, 0.2) is 48.5 Å². The number of imide groups is 1. The summed E-state index contributed by atoms with van der Waals surface area (Å²) in [7, 11) is 0. The van der Waals surface area contributed by atoms with E-state index < -0.39 is 30.2 Å². The summed E-state index contributed by atoms with van der Waals surface area (Å²) in [6.07, 6.45) is 0. The van der Waals surface area contributed by atoms with Crippen molar-refractivity contribution in [3.05, 3.63) is 59.4 Å². The number of hydrogen-bond donors (Lipinski definition) is 1. The first kappa shape index (κ1) is 16.9. The quantitative estimate of drug-likeness (QED) is 0.851. The second-order valence-electron chi connectivity index (χ2n) is 5.36. The van der Waals surface area contributed by atoms with Crippen molar-refractivity contribution in [3.8, 4) is 0 Å². The Morgan fingerprint density at radius 3 is 2.56 bits per heavy atom. The van der Waals surface area contributed by atoms with Gasteiger partial charge in [-0.25, -0.2) is 9.18 Å². The molecular weight excluding hydrogens is 349 g/mol. The van der Waals surface area contributed by atoms with Gasteiger partial charge in [-0.15, -0.1) is 0 Å². The summed E-state index contributed by atoms with van der Waals surface area (Å²) in [6, 6.07) is 11.8. The molecule has 0 bridgehead atoms. The lowest BCUT2D eigenvalue weighted by Crippen LogP contribution is -2.39. The molecule has 0 spiro atoms. The summed E-state index contributed by atoms with van der Waals surface area (Å²) in [5, 5.41) is 2.34. The molecule has 0 aliphatic carbocycles. The lowest BCUT2D eigenvalue weighted by molar-refractivity contribution is -0.128. The number of rotatable bonds is 4. The van der Waals surface area contributed by atoms with Crippen molar-refractivity contribution in [1.82, 2.24) is 4.90 Å². The van der Waals surface area contributed by atoms with Gasteiger partial charge in [0.25, 0.3) is 5.91 Å². The fraction of sp³-hybridized carbons (Fsp3) is 0.118. The van der Waals surface area contributed by atoms with Crippen LogP contribution in [-0.2, 0) is 9.59 Å². The van der Waals surface area contributed by atoms with Crippen molar-refractivity contribution in [2.45, 2.75) is 0 Å². The minimum Gasteiger partial charge on any atom is -0.324 e. The molecule has 1 fully saturated rings. The molecule has 8 heteroatoms. The molecule has 1 saturated heterocycles. The van der Waals surface area contributed by atoms with Crippen molar-refractivity contribution in [1.29, 1.82) is 0 Å². The lowest BCUT2D eigenvalue weighted by atomic mass is 10.3. The second kappa shape index (κ2) is 6.90. The third kappa shape index (κ3) is 3.61. The lowest BCUT2D eigenvalue weighted by Gasteiger charge is -2.17. The van der Waals surface area contributed by atoms with Gasteiger partial charge >= 0.3 is 6.03 Å². The Labute approximate surface area is 147 Å². The van der Waals surface area contributed by atoms with Gasteiger partial charge in [0.15, 0.2) is 0 Å². The number of para-hydroxylation sites is 1. The van der Waals surface area contributed by atoms with Gasteiger partial charge < -0.3 is 5.32 Å². The molecule has 0 radical (unpaired) electrons. The van der Waals surface area contributed by atoms with E-state index in [2.05, 4.69) is 5.32 Å². The third-order valence-corrected chi connectivity index (χ3v) is 3.92. The minimum atomic E-state index is -0.608. The summed E-state index contributed by atoms with van der Waals surface area (Å²) in [5.41, 5.74) is 0.851. The number of urea groups is 1. The molecule has 2 aromatic carbocycles. The van der Waals surface area contributed by atoms with Crippen LogP contribution in [0.2, 0.25) is 5.02 Å². The van der Waals surface area contributed by atoms with E-state index in [4.69, 9.17) is 11.6 Å². The fourth-order valence-electron chi connectivity index (χ4n) is 2.42. The molecule has 2 aromatic rings. The van der Waals surface area contributed by atoms with Gasteiger partial charge in [-0.2, -0.15) is 0 Å². The van der Waals surface area contributed by atoms with Gasteiger partial charge in [0, 0.05) is 11.4 Å². The van der Waals surface area contributed by atoms with Crippen LogP contribution < -0.4 is 10.2 Å². The molecule has 0 unspecified atom stereocenters. The van der Waals surface area contributed by atoms with Crippen LogP contribution >= 0.6 is 11.6 Å². The number of benzene rings is 2. The normalized spacial score (nSPS) is 14.2. The number of hydrogen-bond acceptors (Lipinski definition) is 3. The van der Waals surface area contributed by atoms with Gasteiger partial charge in [-0.1, -0.05) is 29.8 Å². The first-order valence-corrected chi connectivity index (χ1v) is 7.75. The molecule has 0 aromatic heterocycles. The molecule has 1 aliphatic heterocycles. The van der Waals surface area contributed by atoms with Gasteiger partial charge in [0.05, 0.1) is 5.02 Å². The van der Waals surface area contributed by atoms with E-state index in [1.54, 1.807) is 30.3 Å². The van der Waals surface area contributed by atoms with Crippen molar-refractivity contribution in [2.75, 3.05) is 23.3 Å². The van der Waals surface area contributed by atoms with Gasteiger partial charge in [-0.05, 0) is 30.3 Å². The number of nitrogens with one attached hydrogen (secondary N) is 1. The van der Waals surface area contributed by atoms with Crippen LogP contribution in [0.4, 0.5) is 20.6 Å². The maximum absolute atomic E-state index is 13.1. The summed E-state index contributed by atoms with van der Waals surface area (Å²) < 4.78 is 13.1. The zero-order chi connectivity index (χ0) is 18.0. The molecule has 1 N–H and O–H groups in total. The first-order valence-electron chi connectivity index (χ1n) is 7.37. The second-order valence-corrected chi connectivity index (χ2v) is 5.77.